The van der Waals surface area contributed by atoms with Crippen LogP contribution in [0.1, 0.15) is 26.3 Å². The molecule has 0 aliphatic carbocycles. The molecule has 1 rings (SSSR count). The van der Waals surface area contributed by atoms with Crippen LogP contribution in [0.4, 0.5) is 10.5 Å². The van der Waals surface area contributed by atoms with Crippen LogP contribution in [-0.2, 0) is 16.1 Å². The lowest BCUT2D eigenvalue weighted by molar-refractivity contribution is -0.111. The van der Waals surface area contributed by atoms with Gasteiger partial charge in [0.05, 0.1) is 0 Å². The Hall–Kier alpha value is -2.30. The highest BCUT2D eigenvalue weighted by Gasteiger charge is 2.15. The zero-order valence-electron chi connectivity index (χ0n) is 12.0. The number of hydrogen-bond donors (Lipinski definition) is 2. The largest absolute Gasteiger partial charge is 0.444 e. The van der Waals surface area contributed by atoms with Gasteiger partial charge in [-0.3, -0.25) is 4.79 Å². The average molecular weight is 276 g/mol. The van der Waals surface area contributed by atoms with E-state index in [9.17, 15) is 9.59 Å². The molecule has 0 aromatic heterocycles. The summed E-state index contributed by atoms with van der Waals surface area (Å²) < 4.78 is 5.14. The third-order valence-corrected chi connectivity index (χ3v) is 2.22. The standard InChI is InChI=1S/C15H20N2O3/c1-5-13(18)17-12-8-6-7-11(9-12)10-16-14(19)20-15(2,3)4/h5-9H,1,10H2,2-4H3,(H,16,19)(H,17,18). The molecule has 0 atom stereocenters. The predicted molar refractivity (Wildman–Crippen MR) is 78.3 cm³/mol. The normalized spacial score (nSPS) is 10.6. The molecular formula is C15H20N2O3. The Kier molecular flexibility index (Phi) is 5.32. The zero-order valence-corrected chi connectivity index (χ0v) is 12.0. The molecule has 2 amide bonds. The fraction of sp³-hybridized carbons (Fsp3) is 0.333. The van der Waals surface area contributed by atoms with E-state index in [2.05, 4.69) is 17.2 Å². The lowest BCUT2D eigenvalue weighted by Gasteiger charge is -2.19. The van der Waals surface area contributed by atoms with Crippen LogP contribution in [0.3, 0.4) is 0 Å². The molecule has 0 aliphatic heterocycles. The number of amides is 2. The molecule has 0 radical (unpaired) electrons. The third kappa shape index (κ3) is 6.04. The van der Waals surface area contributed by atoms with Crippen molar-refractivity contribution in [2.24, 2.45) is 0 Å². The molecule has 0 aliphatic rings. The van der Waals surface area contributed by atoms with Crippen molar-refractivity contribution >= 4 is 17.7 Å². The summed E-state index contributed by atoms with van der Waals surface area (Å²) in [4.78, 5) is 22.7. The van der Waals surface area contributed by atoms with Crippen molar-refractivity contribution in [3.05, 3.63) is 42.5 Å². The Morgan fingerprint density at radius 1 is 1.35 bits per heavy atom. The van der Waals surface area contributed by atoms with Crippen molar-refractivity contribution in [1.29, 1.82) is 0 Å². The molecule has 0 bridgehead atoms. The van der Waals surface area contributed by atoms with Gasteiger partial charge in [0.1, 0.15) is 5.60 Å². The van der Waals surface area contributed by atoms with Crippen LogP contribution >= 0.6 is 0 Å². The monoisotopic (exact) mass is 276 g/mol. The van der Waals surface area contributed by atoms with E-state index in [1.54, 1.807) is 39.0 Å². The first kappa shape index (κ1) is 15.8. The summed E-state index contributed by atoms with van der Waals surface area (Å²) in [5.41, 5.74) is 0.986. The number of carbonyl (C=O) groups is 2. The predicted octanol–water partition coefficient (Wildman–Crippen LogP) is 2.84. The van der Waals surface area contributed by atoms with Crippen LogP contribution in [0.15, 0.2) is 36.9 Å². The fourth-order valence-electron chi connectivity index (χ4n) is 1.44. The van der Waals surface area contributed by atoms with E-state index >= 15 is 0 Å². The summed E-state index contributed by atoms with van der Waals surface area (Å²) in [6, 6.07) is 7.18. The van der Waals surface area contributed by atoms with E-state index in [0.29, 0.717) is 12.2 Å². The van der Waals surface area contributed by atoms with E-state index in [0.717, 1.165) is 5.56 Å². The molecule has 0 saturated carbocycles. The molecule has 0 saturated heterocycles. The molecule has 0 fully saturated rings. The molecule has 0 unspecified atom stereocenters. The second-order valence-electron chi connectivity index (χ2n) is 5.25. The van der Waals surface area contributed by atoms with Crippen molar-refractivity contribution in [3.63, 3.8) is 0 Å². The third-order valence-electron chi connectivity index (χ3n) is 2.22. The maximum Gasteiger partial charge on any atom is 0.407 e. The second kappa shape index (κ2) is 6.75. The fourth-order valence-corrected chi connectivity index (χ4v) is 1.44. The Morgan fingerprint density at radius 3 is 2.65 bits per heavy atom. The van der Waals surface area contributed by atoms with E-state index in [1.165, 1.54) is 6.08 Å². The van der Waals surface area contributed by atoms with Crippen molar-refractivity contribution in [1.82, 2.24) is 5.32 Å². The van der Waals surface area contributed by atoms with Gasteiger partial charge in [-0.05, 0) is 44.5 Å². The summed E-state index contributed by atoms with van der Waals surface area (Å²) in [5, 5.41) is 5.31. The molecule has 1 aromatic carbocycles. The van der Waals surface area contributed by atoms with Gasteiger partial charge in [-0.1, -0.05) is 18.7 Å². The lowest BCUT2D eigenvalue weighted by atomic mass is 10.2. The van der Waals surface area contributed by atoms with Crippen molar-refractivity contribution in [3.8, 4) is 0 Å². The molecule has 5 nitrogen and oxygen atoms in total. The van der Waals surface area contributed by atoms with Crippen LogP contribution in [-0.4, -0.2) is 17.6 Å². The van der Waals surface area contributed by atoms with Crippen LogP contribution in [0.25, 0.3) is 0 Å². The number of hydrogen-bond acceptors (Lipinski definition) is 3. The Labute approximate surface area is 119 Å². The van der Waals surface area contributed by atoms with E-state index in [1.807, 2.05) is 6.07 Å². The molecular weight excluding hydrogens is 256 g/mol. The SMILES string of the molecule is C=CC(=O)Nc1cccc(CNC(=O)OC(C)(C)C)c1. The minimum Gasteiger partial charge on any atom is -0.444 e. The molecule has 0 heterocycles. The van der Waals surface area contributed by atoms with Gasteiger partial charge in [0.25, 0.3) is 0 Å². The van der Waals surface area contributed by atoms with Gasteiger partial charge in [-0.2, -0.15) is 0 Å². The zero-order chi connectivity index (χ0) is 15.2. The van der Waals surface area contributed by atoms with Gasteiger partial charge in [-0.25, -0.2) is 4.79 Å². The number of ether oxygens (including phenoxy) is 1. The van der Waals surface area contributed by atoms with Crippen LogP contribution in [0.2, 0.25) is 0 Å². The topological polar surface area (TPSA) is 67.4 Å². The van der Waals surface area contributed by atoms with Gasteiger partial charge in [0, 0.05) is 12.2 Å². The van der Waals surface area contributed by atoms with Gasteiger partial charge < -0.3 is 15.4 Å². The quantitative estimate of drug-likeness (QED) is 0.831. The van der Waals surface area contributed by atoms with Gasteiger partial charge in [0.2, 0.25) is 5.91 Å². The number of rotatable bonds is 4. The summed E-state index contributed by atoms with van der Waals surface area (Å²) in [7, 11) is 0. The van der Waals surface area contributed by atoms with Crippen LogP contribution in [0.5, 0.6) is 0 Å². The van der Waals surface area contributed by atoms with Crippen molar-refractivity contribution in [2.75, 3.05) is 5.32 Å². The highest BCUT2D eigenvalue weighted by Crippen LogP contribution is 2.11. The number of nitrogens with one attached hydrogen (secondary N) is 2. The first-order valence-electron chi connectivity index (χ1n) is 6.29. The summed E-state index contributed by atoms with van der Waals surface area (Å²) in [5.74, 6) is -0.276. The maximum absolute atomic E-state index is 11.5. The number of anilines is 1. The summed E-state index contributed by atoms with van der Waals surface area (Å²) >= 11 is 0. The minimum absolute atomic E-state index is 0.276. The minimum atomic E-state index is -0.524. The van der Waals surface area contributed by atoms with E-state index < -0.39 is 11.7 Å². The molecule has 1 aromatic rings. The lowest BCUT2D eigenvalue weighted by Crippen LogP contribution is -2.32. The van der Waals surface area contributed by atoms with Gasteiger partial charge in [0.15, 0.2) is 0 Å². The summed E-state index contributed by atoms with van der Waals surface area (Å²) in [6.07, 6.45) is 0.726. The molecule has 0 spiro atoms. The van der Waals surface area contributed by atoms with Crippen molar-refractivity contribution in [2.45, 2.75) is 32.9 Å². The second-order valence-corrected chi connectivity index (χ2v) is 5.25. The first-order chi connectivity index (χ1) is 9.30. The Bertz CT molecular complexity index is 504. The summed E-state index contributed by atoms with van der Waals surface area (Å²) in [6.45, 7) is 9.12. The van der Waals surface area contributed by atoms with Crippen molar-refractivity contribution < 1.29 is 14.3 Å². The van der Waals surface area contributed by atoms with Gasteiger partial charge in [-0.15, -0.1) is 0 Å². The molecule has 20 heavy (non-hydrogen) atoms. The number of carbonyl (C=O) groups excluding carboxylic acids is 2. The smallest absolute Gasteiger partial charge is 0.407 e. The van der Waals surface area contributed by atoms with Gasteiger partial charge >= 0.3 is 6.09 Å². The Morgan fingerprint density at radius 2 is 2.05 bits per heavy atom. The van der Waals surface area contributed by atoms with E-state index in [-0.39, 0.29) is 5.91 Å². The average Bonchev–Trinajstić information content (AvgIpc) is 2.34. The first-order valence-corrected chi connectivity index (χ1v) is 6.29. The van der Waals surface area contributed by atoms with Crippen LogP contribution < -0.4 is 10.6 Å². The Balaban J connectivity index is 2.56. The number of benzene rings is 1. The molecule has 108 valence electrons. The van der Waals surface area contributed by atoms with Crippen LogP contribution in [0, 0.1) is 0 Å². The van der Waals surface area contributed by atoms with E-state index in [4.69, 9.17) is 4.74 Å². The highest BCUT2D eigenvalue weighted by molar-refractivity contribution is 5.98. The highest BCUT2D eigenvalue weighted by atomic mass is 16.6. The number of alkyl carbamates (subject to hydrolysis) is 1. The maximum atomic E-state index is 11.5. The molecule has 2 N–H and O–H groups in total. The molecule has 5 heteroatoms.